The van der Waals surface area contributed by atoms with Crippen LogP contribution in [-0.4, -0.2) is 52.8 Å². The number of amides is 1. The molecule has 1 aliphatic heterocycles. The van der Waals surface area contributed by atoms with Gasteiger partial charge < -0.3 is 9.80 Å². The highest BCUT2D eigenvalue weighted by Gasteiger charge is 2.25. The number of rotatable bonds is 5. The van der Waals surface area contributed by atoms with Crippen LogP contribution in [-0.2, 0) is 11.3 Å². The highest BCUT2D eigenvalue weighted by Crippen LogP contribution is 2.28. The molecular weight excluding hydrogens is 314 g/mol. The Bertz CT molecular complexity index is 724. The van der Waals surface area contributed by atoms with Crippen molar-refractivity contribution in [2.45, 2.75) is 38.6 Å². The van der Waals surface area contributed by atoms with Crippen LogP contribution in [0.4, 0.5) is 5.82 Å². The summed E-state index contributed by atoms with van der Waals surface area (Å²) < 4.78 is 1.89. The van der Waals surface area contributed by atoms with Gasteiger partial charge in [-0.15, -0.1) is 0 Å². The van der Waals surface area contributed by atoms with Gasteiger partial charge in [-0.3, -0.25) is 9.48 Å². The van der Waals surface area contributed by atoms with Crippen molar-refractivity contribution in [2.75, 3.05) is 32.1 Å². The molecule has 0 bridgehead atoms. The van der Waals surface area contributed by atoms with E-state index in [0.717, 1.165) is 37.4 Å². The zero-order chi connectivity index (χ0) is 17.8. The quantitative estimate of drug-likeness (QED) is 0.838. The third kappa shape index (κ3) is 4.18. The van der Waals surface area contributed by atoms with Crippen molar-refractivity contribution in [1.29, 1.82) is 0 Å². The van der Waals surface area contributed by atoms with Crippen molar-refractivity contribution < 1.29 is 4.79 Å². The van der Waals surface area contributed by atoms with Gasteiger partial charge >= 0.3 is 0 Å². The molecule has 6 heteroatoms. The van der Waals surface area contributed by atoms with Crippen molar-refractivity contribution in [3.8, 4) is 0 Å². The van der Waals surface area contributed by atoms with Gasteiger partial charge in [-0.05, 0) is 43.5 Å². The minimum atomic E-state index is 0.224. The predicted octanol–water partition coefficient (Wildman–Crippen LogP) is 2.45. The van der Waals surface area contributed by atoms with E-state index in [1.54, 1.807) is 6.20 Å². The molecule has 0 spiro atoms. The van der Waals surface area contributed by atoms with Crippen LogP contribution in [0.3, 0.4) is 0 Å². The van der Waals surface area contributed by atoms with E-state index in [2.05, 4.69) is 22.2 Å². The Balaban J connectivity index is 1.61. The van der Waals surface area contributed by atoms with E-state index >= 15 is 0 Å². The Hall–Kier alpha value is -2.37. The molecule has 3 rings (SSSR count). The molecule has 2 aromatic heterocycles. The van der Waals surface area contributed by atoms with Crippen LogP contribution < -0.4 is 4.90 Å². The average molecular weight is 341 g/mol. The van der Waals surface area contributed by atoms with Crippen LogP contribution in [0.2, 0.25) is 0 Å². The summed E-state index contributed by atoms with van der Waals surface area (Å²) in [5, 5.41) is 4.26. The van der Waals surface area contributed by atoms with Gasteiger partial charge in [0.1, 0.15) is 5.82 Å². The molecule has 1 unspecified atom stereocenters. The lowest BCUT2D eigenvalue weighted by molar-refractivity contribution is -0.132. The van der Waals surface area contributed by atoms with Gasteiger partial charge in [0, 0.05) is 64.2 Å². The Kier molecular flexibility index (Phi) is 5.36. The van der Waals surface area contributed by atoms with Crippen molar-refractivity contribution in [3.63, 3.8) is 0 Å². The summed E-state index contributed by atoms with van der Waals surface area (Å²) in [5.41, 5.74) is 2.37. The first-order valence-corrected chi connectivity index (χ1v) is 8.94. The zero-order valence-corrected chi connectivity index (χ0v) is 15.4. The Morgan fingerprint density at radius 2 is 2.16 bits per heavy atom. The van der Waals surface area contributed by atoms with E-state index < -0.39 is 0 Å². The van der Waals surface area contributed by atoms with E-state index in [0.29, 0.717) is 18.9 Å². The van der Waals surface area contributed by atoms with E-state index in [1.165, 1.54) is 5.56 Å². The lowest BCUT2D eigenvalue weighted by Gasteiger charge is -2.33. The number of piperidine rings is 1. The first-order valence-electron chi connectivity index (χ1n) is 8.94. The Morgan fingerprint density at radius 1 is 1.32 bits per heavy atom. The van der Waals surface area contributed by atoms with Gasteiger partial charge in [0.15, 0.2) is 0 Å². The molecule has 134 valence electrons. The highest BCUT2D eigenvalue weighted by molar-refractivity contribution is 5.76. The largest absolute Gasteiger partial charge is 0.363 e. The molecule has 6 nitrogen and oxygen atoms in total. The molecule has 3 heterocycles. The minimum Gasteiger partial charge on any atom is -0.363 e. The van der Waals surface area contributed by atoms with Crippen molar-refractivity contribution in [2.24, 2.45) is 0 Å². The molecule has 0 saturated carbocycles. The van der Waals surface area contributed by atoms with E-state index in [9.17, 15) is 4.79 Å². The molecule has 0 aliphatic carbocycles. The van der Waals surface area contributed by atoms with E-state index in [1.807, 2.05) is 47.8 Å². The number of aryl methyl sites for hydroxylation is 2. The summed E-state index contributed by atoms with van der Waals surface area (Å²) in [5.74, 6) is 1.59. The fourth-order valence-electron chi connectivity index (χ4n) is 3.40. The lowest BCUT2D eigenvalue weighted by atomic mass is 9.91. The second-order valence-electron chi connectivity index (χ2n) is 6.97. The molecule has 0 N–H and O–H groups in total. The number of anilines is 1. The summed E-state index contributed by atoms with van der Waals surface area (Å²) in [6.45, 7) is 4.33. The number of nitrogens with zero attached hydrogens (tertiary/aromatic N) is 5. The average Bonchev–Trinajstić information content (AvgIpc) is 3.05. The number of pyridine rings is 1. The number of hydrogen-bond donors (Lipinski definition) is 0. The van der Waals surface area contributed by atoms with Gasteiger partial charge in [-0.25, -0.2) is 4.98 Å². The second-order valence-corrected chi connectivity index (χ2v) is 6.97. The summed E-state index contributed by atoms with van der Waals surface area (Å²) in [6, 6.07) is 6.19. The molecule has 0 radical (unpaired) electrons. The maximum absolute atomic E-state index is 12.6. The lowest BCUT2D eigenvalue weighted by Crippen LogP contribution is -2.39. The normalized spacial score (nSPS) is 17.6. The number of hydrogen-bond acceptors (Lipinski definition) is 4. The smallest absolute Gasteiger partial charge is 0.224 e. The van der Waals surface area contributed by atoms with Gasteiger partial charge in [-0.1, -0.05) is 0 Å². The van der Waals surface area contributed by atoms with Crippen LogP contribution in [0.25, 0.3) is 0 Å². The fourth-order valence-corrected chi connectivity index (χ4v) is 3.40. The van der Waals surface area contributed by atoms with Gasteiger partial charge in [-0.2, -0.15) is 5.10 Å². The maximum Gasteiger partial charge on any atom is 0.224 e. The highest BCUT2D eigenvalue weighted by atomic mass is 16.2. The van der Waals surface area contributed by atoms with Gasteiger partial charge in [0.05, 0.1) is 0 Å². The topological polar surface area (TPSA) is 54.3 Å². The summed E-state index contributed by atoms with van der Waals surface area (Å²) in [6.07, 6.45) is 6.33. The van der Waals surface area contributed by atoms with Crippen molar-refractivity contribution in [1.82, 2.24) is 19.7 Å². The summed E-state index contributed by atoms with van der Waals surface area (Å²) >= 11 is 0. The summed E-state index contributed by atoms with van der Waals surface area (Å²) in [7, 11) is 4.00. The van der Waals surface area contributed by atoms with Crippen LogP contribution in [0.1, 0.15) is 36.4 Å². The maximum atomic E-state index is 12.6. The van der Waals surface area contributed by atoms with E-state index in [-0.39, 0.29) is 5.91 Å². The van der Waals surface area contributed by atoms with Crippen LogP contribution in [0.15, 0.2) is 30.6 Å². The molecule has 0 aromatic carbocycles. The molecule has 1 amide bonds. The van der Waals surface area contributed by atoms with Crippen LogP contribution in [0.5, 0.6) is 0 Å². The van der Waals surface area contributed by atoms with Gasteiger partial charge in [0.2, 0.25) is 5.91 Å². The summed E-state index contributed by atoms with van der Waals surface area (Å²) in [4.78, 5) is 21.0. The van der Waals surface area contributed by atoms with Gasteiger partial charge in [0.25, 0.3) is 0 Å². The number of carbonyl (C=O) groups is 1. The zero-order valence-electron chi connectivity index (χ0n) is 15.4. The first kappa shape index (κ1) is 17.5. The third-order valence-electron chi connectivity index (χ3n) is 4.94. The second kappa shape index (κ2) is 7.68. The third-order valence-corrected chi connectivity index (χ3v) is 4.94. The molecule has 2 aromatic rings. The molecular formula is C19H27N5O. The molecule has 1 fully saturated rings. The standard InChI is InChI=1S/C19H27N5O/c1-15-6-10-21-24(15)12-8-19(25)23-11-4-5-17(14-23)16-7-9-20-18(13-16)22(2)3/h6-7,9-10,13,17H,4-5,8,11-12,14H2,1-3H3. The molecule has 1 atom stereocenters. The minimum absolute atomic E-state index is 0.224. The molecule has 1 saturated heterocycles. The number of aromatic nitrogens is 3. The van der Waals surface area contributed by atoms with Crippen molar-refractivity contribution >= 4 is 11.7 Å². The fraction of sp³-hybridized carbons (Fsp3) is 0.526. The Morgan fingerprint density at radius 3 is 2.88 bits per heavy atom. The SMILES string of the molecule is Cc1ccnn1CCC(=O)N1CCCC(c2ccnc(N(C)C)c2)C1. The molecule has 1 aliphatic rings. The van der Waals surface area contributed by atoms with Crippen molar-refractivity contribution in [3.05, 3.63) is 41.9 Å². The van der Waals surface area contributed by atoms with Crippen LogP contribution >= 0.6 is 0 Å². The Labute approximate surface area is 149 Å². The number of carbonyl (C=O) groups excluding carboxylic acids is 1. The predicted molar refractivity (Wildman–Crippen MR) is 98.7 cm³/mol. The molecule has 25 heavy (non-hydrogen) atoms. The van der Waals surface area contributed by atoms with Crippen LogP contribution in [0, 0.1) is 6.92 Å². The number of likely N-dealkylation sites (tertiary alicyclic amines) is 1. The first-order chi connectivity index (χ1) is 12.0. The van der Waals surface area contributed by atoms with E-state index in [4.69, 9.17) is 0 Å². The monoisotopic (exact) mass is 341 g/mol.